The van der Waals surface area contributed by atoms with Gasteiger partial charge >= 0.3 is 0 Å². The van der Waals surface area contributed by atoms with Crippen LogP contribution in [0.25, 0.3) is 11.1 Å². The largest absolute Gasteiger partial charge is 0.334 e. The molecule has 68 heavy (non-hydrogen) atoms. The first-order valence-corrected chi connectivity index (χ1v) is 26.3. The standard InChI is InChI=1S/C65H75N3/c1-39-32-41(3)57-53(33-39)67(64(13)30-20-18-28-62(57,64)11)46-37-51-56-52(38-46)68-59-54(40(2)34-42(4)58(59)63(12)29-19-21-31-65(63,68)14)55(56)48-36-45(61(8,9)10)25-27-50(48)66(51)49-26-24-44(60(5,6)7)35-47(49)43-22-16-15-17-23-43/h15-17,22-27,32-38,55H,18-21,28-31H2,1-14H3. The number of rotatable bonds is 3. The molecule has 2 fully saturated rings. The van der Waals surface area contributed by atoms with E-state index in [1.54, 1.807) is 11.1 Å². The molecule has 0 radical (unpaired) electrons. The summed E-state index contributed by atoms with van der Waals surface area (Å²) < 4.78 is 0. The van der Waals surface area contributed by atoms with E-state index in [0.717, 1.165) is 0 Å². The van der Waals surface area contributed by atoms with Crippen LogP contribution in [0.2, 0.25) is 0 Å². The predicted octanol–water partition coefficient (Wildman–Crippen LogP) is 17.9. The van der Waals surface area contributed by atoms with Gasteiger partial charge < -0.3 is 14.7 Å². The van der Waals surface area contributed by atoms with Crippen molar-refractivity contribution >= 4 is 39.8 Å². The fraction of sp³-hybridized carbons (Fsp3) is 0.446. The Hall–Kier alpha value is -5.28. The highest BCUT2D eigenvalue weighted by Crippen LogP contribution is 2.71. The van der Waals surface area contributed by atoms with Crippen LogP contribution in [-0.4, -0.2) is 11.1 Å². The maximum atomic E-state index is 2.98. The Bertz CT molecular complexity index is 3120. The van der Waals surface area contributed by atoms with Gasteiger partial charge in [0.15, 0.2) is 0 Å². The van der Waals surface area contributed by atoms with Crippen molar-refractivity contribution in [2.75, 3.05) is 14.7 Å². The van der Waals surface area contributed by atoms with Gasteiger partial charge in [-0.3, -0.25) is 0 Å². The molecule has 0 saturated heterocycles. The average molecular weight is 898 g/mol. The van der Waals surface area contributed by atoms with Crippen molar-refractivity contribution in [2.45, 2.75) is 187 Å². The highest BCUT2D eigenvalue weighted by Gasteiger charge is 2.63. The van der Waals surface area contributed by atoms with E-state index in [0.29, 0.717) is 0 Å². The van der Waals surface area contributed by atoms with Gasteiger partial charge in [-0.1, -0.05) is 142 Å². The average Bonchev–Trinajstić information content (AvgIpc) is 3.63. The van der Waals surface area contributed by atoms with Gasteiger partial charge in [0.1, 0.15) is 0 Å². The Morgan fingerprint density at radius 3 is 1.72 bits per heavy atom. The van der Waals surface area contributed by atoms with Crippen LogP contribution in [0, 0.1) is 27.7 Å². The molecule has 5 unspecified atom stereocenters. The highest BCUT2D eigenvalue weighted by atomic mass is 15.3. The Labute approximate surface area is 409 Å². The molecular formula is C65H75N3. The molecule has 5 atom stereocenters. The summed E-state index contributed by atoms with van der Waals surface area (Å²) in [7, 11) is 0. The maximum Gasteiger partial charge on any atom is 0.0545 e. The van der Waals surface area contributed by atoms with Gasteiger partial charge in [-0.25, -0.2) is 0 Å². The fourth-order valence-electron chi connectivity index (χ4n) is 15.7. The molecule has 0 bridgehead atoms. The molecule has 4 heterocycles. The third-order valence-corrected chi connectivity index (χ3v) is 19.4. The van der Waals surface area contributed by atoms with E-state index in [-0.39, 0.29) is 38.7 Å². The quantitative estimate of drug-likeness (QED) is 0.175. The highest BCUT2D eigenvalue weighted by molar-refractivity contribution is 6.01. The van der Waals surface area contributed by atoms with E-state index in [9.17, 15) is 0 Å². The molecule has 0 spiro atoms. The van der Waals surface area contributed by atoms with Gasteiger partial charge in [0.05, 0.1) is 39.5 Å². The number of anilines is 7. The first kappa shape index (κ1) is 44.0. The molecule has 0 N–H and O–H groups in total. The lowest BCUT2D eigenvalue weighted by molar-refractivity contribution is 0.193. The summed E-state index contributed by atoms with van der Waals surface area (Å²) in [6, 6.07) is 39.2. The molecule has 3 heteroatoms. The molecule has 6 aromatic rings. The smallest absolute Gasteiger partial charge is 0.0545 e. The third-order valence-electron chi connectivity index (χ3n) is 19.4. The van der Waals surface area contributed by atoms with E-state index in [2.05, 4.69) is 209 Å². The van der Waals surface area contributed by atoms with Gasteiger partial charge in [0.2, 0.25) is 0 Å². The van der Waals surface area contributed by atoms with E-state index in [1.165, 1.54) is 152 Å². The second kappa shape index (κ2) is 14.2. The summed E-state index contributed by atoms with van der Waals surface area (Å²) in [5, 5.41) is 0. The zero-order valence-electron chi connectivity index (χ0n) is 43.8. The fourth-order valence-corrected chi connectivity index (χ4v) is 15.7. The lowest BCUT2D eigenvalue weighted by Crippen LogP contribution is -2.56. The lowest BCUT2D eigenvalue weighted by Gasteiger charge is -2.54. The van der Waals surface area contributed by atoms with Crippen molar-refractivity contribution in [1.29, 1.82) is 0 Å². The summed E-state index contributed by atoms with van der Waals surface area (Å²) >= 11 is 0. The Morgan fingerprint density at radius 2 is 1.06 bits per heavy atom. The minimum Gasteiger partial charge on any atom is -0.334 e. The molecule has 6 aliphatic rings. The van der Waals surface area contributed by atoms with Crippen LogP contribution in [0.4, 0.5) is 39.8 Å². The lowest BCUT2D eigenvalue weighted by atomic mass is 9.60. The van der Waals surface area contributed by atoms with Gasteiger partial charge in [-0.2, -0.15) is 0 Å². The van der Waals surface area contributed by atoms with Gasteiger partial charge in [0, 0.05) is 39.2 Å². The summed E-state index contributed by atoms with van der Waals surface area (Å²) in [6.07, 6.45) is 9.85. The topological polar surface area (TPSA) is 9.72 Å². The summed E-state index contributed by atoms with van der Waals surface area (Å²) in [6.45, 7) is 34.4. The Kier molecular flexibility index (Phi) is 9.16. The molecule has 2 saturated carbocycles. The van der Waals surface area contributed by atoms with E-state index in [4.69, 9.17) is 0 Å². The SMILES string of the molecule is Cc1cc(C)c2c(c1)N(c1cc3c4c(c1)N1c5c(c(C)cc(C)c5C5(C)CCCCC15C)C4c1cc(C(C)(C)C)ccc1N3c1ccc(C(C)(C)C)cc1-c1ccccc1)C1(C)CCCCC21C. The Morgan fingerprint density at radius 1 is 0.485 bits per heavy atom. The first-order valence-electron chi connectivity index (χ1n) is 26.3. The van der Waals surface area contributed by atoms with Crippen LogP contribution < -0.4 is 14.7 Å². The van der Waals surface area contributed by atoms with Gasteiger partial charge in [-0.15, -0.1) is 0 Å². The van der Waals surface area contributed by atoms with Crippen LogP contribution in [0.1, 0.15) is 188 Å². The summed E-state index contributed by atoms with van der Waals surface area (Å²) in [5.74, 6) is 0.0838. The van der Waals surface area contributed by atoms with Crippen LogP contribution in [0.15, 0.2) is 97.1 Å². The summed E-state index contributed by atoms with van der Waals surface area (Å²) in [5.41, 5.74) is 28.1. The van der Waals surface area contributed by atoms with Crippen LogP contribution in [0.3, 0.4) is 0 Å². The molecule has 0 aromatic heterocycles. The number of hydrogen-bond acceptors (Lipinski definition) is 3. The van der Waals surface area contributed by atoms with Crippen molar-refractivity contribution in [3.05, 3.63) is 158 Å². The van der Waals surface area contributed by atoms with Crippen molar-refractivity contribution < 1.29 is 0 Å². The zero-order chi connectivity index (χ0) is 47.8. The second-order valence-corrected chi connectivity index (χ2v) is 25.5. The minimum atomic E-state index is -0.0890. The van der Waals surface area contributed by atoms with Crippen LogP contribution >= 0.6 is 0 Å². The number of hydrogen-bond donors (Lipinski definition) is 0. The predicted molar refractivity (Wildman–Crippen MR) is 289 cm³/mol. The number of fused-ring (bicyclic) bond motifs is 10. The van der Waals surface area contributed by atoms with Crippen molar-refractivity contribution in [1.82, 2.24) is 0 Å². The van der Waals surface area contributed by atoms with E-state index < -0.39 is 0 Å². The zero-order valence-corrected chi connectivity index (χ0v) is 43.8. The minimum absolute atomic E-state index is 0.00985. The molecule has 4 aliphatic heterocycles. The third kappa shape index (κ3) is 5.60. The molecule has 3 nitrogen and oxygen atoms in total. The molecular weight excluding hydrogens is 823 g/mol. The van der Waals surface area contributed by atoms with Gasteiger partial charge in [-0.05, 0) is 176 Å². The monoisotopic (exact) mass is 898 g/mol. The van der Waals surface area contributed by atoms with Crippen molar-refractivity contribution in [3.8, 4) is 11.1 Å². The molecule has 12 rings (SSSR count). The number of aryl methyl sites for hydroxylation is 4. The normalized spacial score (nSPS) is 26.5. The molecule has 0 amide bonds. The second-order valence-electron chi connectivity index (χ2n) is 25.5. The number of nitrogens with zero attached hydrogens (tertiary/aromatic N) is 3. The van der Waals surface area contributed by atoms with E-state index >= 15 is 0 Å². The van der Waals surface area contributed by atoms with Crippen molar-refractivity contribution in [2.24, 2.45) is 0 Å². The van der Waals surface area contributed by atoms with E-state index in [1.807, 2.05) is 0 Å². The molecule has 6 aromatic carbocycles. The molecule has 2 aliphatic carbocycles. The summed E-state index contributed by atoms with van der Waals surface area (Å²) in [4.78, 5) is 8.61. The molecule has 350 valence electrons. The number of benzene rings is 6. The van der Waals surface area contributed by atoms with Crippen molar-refractivity contribution in [3.63, 3.8) is 0 Å². The van der Waals surface area contributed by atoms with Crippen LogP contribution in [0.5, 0.6) is 0 Å². The maximum absolute atomic E-state index is 2.98. The first-order chi connectivity index (χ1) is 32.1. The Balaban J connectivity index is 1.26. The van der Waals surface area contributed by atoms with Gasteiger partial charge in [0.25, 0.3) is 0 Å². The van der Waals surface area contributed by atoms with Crippen LogP contribution in [-0.2, 0) is 21.7 Å².